The maximum absolute atomic E-state index is 12.2. The van der Waals surface area contributed by atoms with E-state index in [9.17, 15) is 18.0 Å². The summed E-state index contributed by atoms with van der Waals surface area (Å²) in [6.45, 7) is 0.348. The van der Waals surface area contributed by atoms with Gasteiger partial charge in [0.15, 0.2) is 0 Å². The second kappa shape index (κ2) is 9.80. The van der Waals surface area contributed by atoms with Gasteiger partial charge in [-0.2, -0.15) is 0 Å². The number of pyridine rings is 1. The Hall–Kier alpha value is -3.81. The first kappa shape index (κ1) is 21.9. The van der Waals surface area contributed by atoms with Crippen molar-refractivity contribution in [1.82, 2.24) is 10.3 Å². The largest absolute Gasteiger partial charge is 0.573 e. The van der Waals surface area contributed by atoms with Gasteiger partial charge in [0.1, 0.15) is 5.75 Å². The molecule has 0 bridgehead atoms. The lowest BCUT2D eigenvalue weighted by atomic mass is 10.2. The number of rotatable bonds is 7. The molecule has 1 N–H and O–H groups in total. The molecule has 0 aliphatic rings. The van der Waals surface area contributed by atoms with Crippen LogP contribution in [0.4, 0.5) is 24.5 Å². The predicted molar refractivity (Wildman–Crippen MR) is 113 cm³/mol. The molecule has 8 heteroatoms. The molecule has 2 aromatic carbocycles. The van der Waals surface area contributed by atoms with Crippen LogP contribution >= 0.6 is 0 Å². The lowest BCUT2D eigenvalue weighted by molar-refractivity contribution is -0.274. The van der Waals surface area contributed by atoms with Gasteiger partial charge in [0, 0.05) is 43.4 Å². The van der Waals surface area contributed by atoms with Crippen molar-refractivity contribution in [3.05, 3.63) is 90.3 Å². The van der Waals surface area contributed by atoms with E-state index in [4.69, 9.17) is 0 Å². The van der Waals surface area contributed by atoms with Crippen molar-refractivity contribution in [3.8, 4) is 5.75 Å². The zero-order valence-corrected chi connectivity index (χ0v) is 16.6. The smallest absolute Gasteiger partial charge is 0.406 e. The third-order valence-corrected chi connectivity index (χ3v) is 4.38. The van der Waals surface area contributed by atoms with Gasteiger partial charge in [-0.05, 0) is 53.6 Å². The first-order valence-electron chi connectivity index (χ1n) is 9.34. The van der Waals surface area contributed by atoms with Crippen LogP contribution in [0.2, 0.25) is 0 Å². The summed E-state index contributed by atoms with van der Waals surface area (Å²) in [4.78, 5) is 18.1. The second-order valence-corrected chi connectivity index (χ2v) is 6.60. The van der Waals surface area contributed by atoms with Gasteiger partial charge in [0.25, 0.3) is 0 Å². The minimum Gasteiger partial charge on any atom is -0.406 e. The quantitative estimate of drug-likeness (QED) is 0.535. The molecule has 0 aliphatic carbocycles. The van der Waals surface area contributed by atoms with Gasteiger partial charge in [-0.15, -0.1) is 13.2 Å². The number of halogens is 3. The van der Waals surface area contributed by atoms with Crippen molar-refractivity contribution in [3.63, 3.8) is 0 Å². The van der Waals surface area contributed by atoms with Gasteiger partial charge in [0.05, 0.1) is 0 Å². The maximum atomic E-state index is 12.2. The first-order chi connectivity index (χ1) is 14.8. The highest BCUT2D eigenvalue weighted by atomic mass is 19.4. The first-order valence-corrected chi connectivity index (χ1v) is 9.34. The molecule has 0 atom stereocenters. The van der Waals surface area contributed by atoms with Crippen LogP contribution in [0.1, 0.15) is 11.1 Å². The van der Waals surface area contributed by atoms with Crippen LogP contribution in [-0.2, 0) is 11.3 Å². The molecule has 0 fully saturated rings. The Morgan fingerprint density at radius 3 is 2.23 bits per heavy atom. The molecule has 1 heterocycles. The fourth-order valence-electron chi connectivity index (χ4n) is 2.75. The summed E-state index contributed by atoms with van der Waals surface area (Å²) in [7, 11) is 1.96. The molecule has 3 rings (SSSR count). The maximum Gasteiger partial charge on any atom is 0.573 e. The van der Waals surface area contributed by atoms with Gasteiger partial charge in [0.2, 0.25) is 5.91 Å². The Bertz CT molecular complexity index is 1020. The third-order valence-electron chi connectivity index (χ3n) is 4.38. The van der Waals surface area contributed by atoms with E-state index >= 15 is 0 Å². The summed E-state index contributed by atoms with van der Waals surface area (Å²) in [6.07, 6.45) is 1.57. The van der Waals surface area contributed by atoms with Crippen LogP contribution in [0.25, 0.3) is 6.08 Å². The number of aromatic nitrogens is 1. The topological polar surface area (TPSA) is 54.5 Å². The molecular formula is C23H20F3N3O2. The van der Waals surface area contributed by atoms with Crippen molar-refractivity contribution in [2.24, 2.45) is 0 Å². The number of hydrogen-bond acceptors (Lipinski definition) is 4. The van der Waals surface area contributed by atoms with Crippen molar-refractivity contribution in [2.75, 3.05) is 11.9 Å². The van der Waals surface area contributed by atoms with Crippen molar-refractivity contribution in [1.29, 1.82) is 0 Å². The van der Waals surface area contributed by atoms with Gasteiger partial charge in [-0.1, -0.05) is 24.3 Å². The number of hydrogen-bond donors (Lipinski definition) is 1. The number of carbonyl (C=O) groups excluding carboxylic acids is 1. The number of benzene rings is 2. The van der Waals surface area contributed by atoms with E-state index in [0.29, 0.717) is 12.1 Å². The molecule has 0 radical (unpaired) electrons. The van der Waals surface area contributed by atoms with E-state index in [2.05, 4.69) is 15.0 Å². The zero-order valence-electron chi connectivity index (χ0n) is 16.6. The van der Waals surface area contributed by atoms with E-state index < -0.39 is 6.36 Å². The molecule has 1 aromatic heterocycles. The van der Waals surface area contributed by atoms with E-state index in [1.807, 2.05) is 48.3 Å². The number of nitrogens with one attached hydrogen (secondary N) is 1. The lowest BCUT2D eigenvalue weighted by Gasteiger charge is -2.19. The summed E-state index contributed by atoms with van der Waals surface area (Å²) in [5.74, 6) is -0.624. The summed E-state index contributed by atoms with van der Waals surface area (Å²) < 4.78 is 40.3. The van der Waals surface area contributed by atoms with Gasteiger partial charge in [-0.25, -0.2) is 0 Å². The Balaban J connectivity index is 1.50. The molecule has 31 heavy (non-hydrogen) atoms. The standard InChI is InChI=1S/C23H20F3N3O2/c1-29(20-12-14-27-15-13-20)19-7-2-18(3-8-19)16-28-22(30)11-6-17-4-9-21(10-5-17)31-23(24,25)26/h2-15H,16H2,1H3,(H,28,30)/b11-6-. The molecule has 0 saturated carbocycles. The molecule has 0 unspecified atom stereocenters. The zero-order chi connectivity index (χ0) is 22.3. The van der Waals surface area contributed by atoms with Crippen LogP contribution in [0.5, 0.6) is 5.75 Å². The van der Waals surface area contributed by atoms with Gasteiger partial charge >= 0.3 is 6.36 Å². The number of carbonyl (C=O) groups is 1. The highest BCUT2D eigenvalue weighted by Gasteiger charge is 2.30. The van der Waals surface area contributed by atoms with Crippen LogP contribution in [0.15, 0.2) is 79.1 Å². The Labute approximate surface area is 177 Å². The van der Waals surface area contributed by atoms with Crippen LogP contribution < -0.4 is 15.0 Å². The third kappa shape index (κ3) is 6.88. The average Bonchev–Trinajstić information content (AvgIpc) is 2.76. The average molecular weight is 427 g/mol. The molecule has 0 spiro atoms. The molecule has 3 aromatic rings. The van der Waals surface area contributed by atoms with E-state index in [1.165, 1.54) is 36.4 Å². The van der Waals surface area contributed by atoms with E-state index in [1.54, 1.807) is 12.4 Å². The predicted octanol–water partition coefficient (Wildman–Crippen LogP) is 5.08. The molecule has 1 amide bonds. The monoisotopic (exact) mass is 427 g/mol. The van der Waals surface area contributed by atoms with Crippen molar-refractivity contribution in [2.45, 2.75) is 12.9 Å². The van der Waals surface area contributed by atoms with Crippen LogP contribution in [-0.4, -0.2) is 24.3 Å². The number of ether oxygens (including phenoxy) is 1. The highest BCUT2D eigenvalue weighted by molar-refractivity contribution is 5.91. The second-order valence-electron chi connectivity index (χ2n) is 6.60. The van der Waals surface area contributed by atoms with Crippen LogP contribution in [0.3, 0.4) is 0 Å². The fraction of sp³-hybridized carbons (Fsp3) is 0.130. The summed E-state index contributed by atoms with van der Waals surface area (Å²) >= 11 is 0. The van der Waals surface area contributed by atoms with Gasteiger partial charge < -0.3 is 15.0 Å². The summed E-state index contributed by atoms with van der Waals surface area (Å²) in [5, 5.41) is 2.77. The molecule has 5 nitrogen and oxygen atoms in total. The molecule has 0 aliphatic heterocycles. The van der Waals surface area contributed by atoms with Crippen LogP contribution in [0, 0.1) is 0 Å². The normalized spacial score (nSPS) is 11.4. The number of alkyl halides is 3. The Morgan fingerprint density at radius 1 is 1.00 bits per heavy atom. The van der Waals surface area contributed by atoms with E-state index in [-0.39, 0.29) is 11.7 Å². The Kier molecular flexibility index (Phi) is 6.92. The van der Waals surface area contributed by atoms with Gasteiger partial charge in [-0.3, -0.25) is 9.78 Å². The number of nitrogens with zero attached hydrogens (tertiary/aromatic N) is 2. The molecule has 160 valence electrons. The SMILES string of the molecule is CN(c1ccncc1)c1ccc(CNC(=O)/C=C\c2ccc(OC(F)(F)F)cc2)cc1. The minimum absolute atomic E-state index is 0.311. The highest BCUT2D eigenvalue weighted by Crippen LogP contribution is 2.24. The minimum atomic E-state index is -4.73. The molecular weight excluding hydrogens is 407 g/mol. The van der Waals surface area contributed by atoms with Crippen molar-refractivity contribution < 1.29 is 22.7 Å². The number of anilines is 2. The summed E-state index contributed by atoms with van der Waals surface area (Å²) in [6, 6.07) is 16.9. The van der Waals surface area contributed by atoms with E-state index in [0.717, 1.165) is 16.9 Å². The fourth-order valence-corrected chi connectivity index (χ4v) is 2.75. The lowest BCUT2D eigenvalue weighted by Crippen LogP contribution is -2.20. The number of amides is 1. The Morgan fingerprint density at radius 2 is 1.61 bits per heavy atom. The van der Waals surface area contributed by atoms with Crippen molar-refractivity contribution >= 4 is 23.4 Å². The summed E-state index contributed by atoms with van der Waals surface area (Å²) in [5.41, 5.74) is 3.52. The molecule has 0 saturated heterocycles.